The molecule has 0 bridgehead atoms. The number of primary amides is 1. The second-order valence-electron chi connectivity index (χ2n) is 5.70. The maximum Gasteiger partial charge on any atom is 0.331 e. The summed E-state index contributed by atoms with van der Waals surface area (Å²) < 4.78 is 66.0. The maximum absolute atomic E-state index is 11.8. The van der Waals surface area contributed by atoms with Gasteiger partial charge in [-0.25, -0.2) is 15.2 Å². The first kappa shape index (κ1) is 20.6. The van der Waals surface area contributed by atoms with Gasteiger partial charge in [-0.05, 0) is 49.2 Å². The zero-order chi connectivity index (χ0) is 20.6. The lowest BCUT2D eigenvalue weighted by Crippen LogP contribution is -2.43. The van der Waals surface area contributed by atoms with Crippen LogP contribution >= 0.6 is 0 Å². The lowest BCUT2D eigenvalue weighted by atomic mass is 10.2. The molecule has 146 valence electrons. The molecule has 27 heavy (non-hydrogen) atoms. The Morgan fingerprint density at radius 3 is 1.56 bits per heavy atom. The Labute approximate surface area is 156 Å². The number of rotatable bonds is 5. The summed E-state index contributed by atoms with van der Waals surface area (Å²) in [6.45, 7) is 3.22. The minimum Gasteiger partial charge on any atom is -0.350 e. The Kier molecular flexibility index (Phi) is 5.47. The fourth-order valence-corrected chi connectivity index (χ4v) is 3.71. The van der Waals surface area contributed by atoms with Crippen LogP contribution in [0.25, 0.3) is 0 Å². The highest BCUT2D eigenvalue weighted by molar-refractivity contribution is 7.86. The predicted octanol–water partition coefficient (Wildman–Crippen LogP) is 1.52. The minimum atomic E-state index is -4.74. The number of nitrogens with one attached hydrogen (secondary N) is 1. The molecular formula is C15H17N3O7S2. The number of hydrogen-bond donors (Lipinski definition) is 4. The van der Waals surface area contributed by atoms with E-state index >= 15 is 0 Å². The van der Waals surface area contributed by atoms with E-state index in [9.17, 15) is 30.7 Å². The van der Waals surface area contributed by atoms with Gasteiger partial charge in [0.15, 0.2) is 0 Å². The molecule has 0 spiro atoms. The number of carbonyl (C=O) groups excluding carboxylic acids is 1. The van der Waals surface area contributed by atoms with Crippen LogP contribution in [-0.4, -0.2) is 32.0 Å². The molecule has 10 nitrogen and oxygen atoms in total. The molecule has 2 rings (SSSR count). The normalized spacial score (nSPS) is 11.9. The summed E-state index contributed by atoms with van der Waals surface area (Å²) in [6, 6.07) is 6.39. The molecule has 0 radical (unpaired) electrons. The second-order valence-corrected chi connectivity index (χ2v) is 8.48. The van der Waals surface area contributed by atoms with Crippen molar-refractivity contribution in [3.63, 3.8) is 0 Å². The molecule has 0 unspecified atom stereocenters. The second kappa shape index (κ2) is 7.15. The van der Waals surface area contributed by atoms with Gasteiger partial charge in [0.05, 0.1) is 11.4 Å². The van der Waals surface area contributed by atoms with E-state index in [1.54, 1.807) is 13.8 Å². The maximum atomic E-state index is 11.8. The van der Waals surface area contributed by atoms with Gasteiger partial charge in [-0.1, -0.05) is 12.1 Å². The molecule has 2 aromatic rings. The predicted molar refractivity (Wildman–Crippen MR) is 96.8 cm³/mol. The summed E-state index contributed by atoms with van der Waals surface area (Å²) >= 11 is 0. The van der Waals surface area contributed by atoms with Crippen LogP contribution < -0.4 is 16.2 Å². The van der Waals surface area contributed by atoms with Gasteiger partial charge in [-0.3, -0.25) is 9.11 Å². The standard InChI is InChI=1S/C15H17N3O7S2/c1-9-3-5-13(26(20,21)22)11(7-9)18(17-15(16)19)12-8-10(2)4-6-14(12)27(23,24)25/h3-8H,1-2H3,(H3,16,17,19)(H,20,21,22)(H,23,24,25). The number of hydrazine groups is 1. The Morgan fingerprint density at radius 1 is 0.889 bits per heavy atom. The first-order chi connectivity index (χ1) is 12.3. The molecule has 0 saturated heterocycles. The number of nitrogens with zero attached hydrogens (tertiary/aromatic N) is 1. The van der Waals surface area contributed by atoms with E-state index in [0.717, 1.165) is 17.1 Å². The third kappa shape index (κ3) is 4.74. The minimum absolute atomic E-state index is 0.271. The molecule has 0 heterocycles. The molecule has 2 amide bonds. The van der Waals surface area contributed by atoms with Gasteiger partial charge in [-0.2, -0.15) is 16.8 Å². The summed E-state index contributed by atoms with van der Waals surface area (Å²) in [5.41, 5.74) is 7.79. The molecule has 12 heteroatoms. The van der Waals surface area contributed by atoms with Crippen molar-refractivity contribution in [3.05, 3.63) is 47.5 Å². The largest absolute Gasteiger partial charge is 0.350 e. The highest BCUT2D eigenvalue weighted by Gasteiger charge is 2.27. The summed E-state index contributed by atoms with van der Waals surface area (Å²) in [6.07, 6.45) is 0. The molecule has 0 aromatic heterocycles. The van der Waals surface area contributed by atoms with E-state index in [2.05, 4.69) is 5.43 Å². The number of aryl methyl sites for hydroxylation is 2. The topological polar surface area (TPSA) is 167 Å². The molecule has 0 aliphatic heterocycles. The quantitative estimate of drug-likeness (QED) is 0.421. The summed E-state index contributed by atoms with van der Waals surface area (Å²) in [5.74, 6) is 0. The van der Waals surface area contributed by atoms with Crippen LogP contribution in [0.4, 0.5) is 16.2 Å². The van der Waals surface area contributed by atoms with Gasteiger partial charge in [0.1, 0.15) is 9.79 Å². The van der Waals surface area contributed by atoms with Crippen molar-refractivity contribution < 1.29 is 30.7 Å². The molecule has 2 aromatic carbocycles. The third-order valence-corrected chi connectivity index (χ3v) is 5.29. The van der Waals surface area contributed by atoms with Crippen molar-refractivity contribution in [2.75, 3.05) is 5.01 Å². The molecule has 0 saturated carbocycles. The third-order valence-electron chi connectivity index (χ3n) is 3.49. The molecule has 0 aliphatic rings. The van der Waals surface area contributed by atoms with Gasteiger partial charge >= 0.3 is 6.03 Å². The van der Waals surface area contributed by atoms with Crippen molar-refractivity contribution in [3.8, 4) is 0 Å². The van der Waals surface area contributed by atoms with Crippen LogP contribution in [0.5, 0.6) is 0 Å². The number of anilines is 2. The van der Waals surface area contributed by atoms with E-state index in [0.29, 0.717) is 11.1 Å². The Morgan fingerprint density at radius 2 is 1.26 bits per heavy atom. The number of nitrogens with two attached hydrogens (primary N) is 1. The lowest BCUT2D eigenvalue weighted by molar-refractivity contribution is 0.249. The Hall–Kier alpha value is -2.67. The first-order valence-corrected chi connectivity index (χ1v) is 10.2. The average molecular weight is 415 g/mol. The highest BCUT2D eigenvalue weighted by Crippen LogP contribution is 2.35. The number of hydrogen-bond acceptors (Lipinski definition) is 6. The van der Waals surface area contributed by atoms with E-state index in [1.165, 1.54) is 24.3 Å². The highest BCUT2D eigenvalue weighted by atomic mass is 32.2. The molecule has 5 N–H and O–H groups in total. The van der Waals surface area contributed by atoms with Gasteiger partial charge < -0.3 is 5.73 Å². The van der Waals surface area contributed by atoms with Gasteiger partial charge in [0.25, 0.3) is 20.2 Å². The summed E-state index contributed by atoms with van der Waals surface area (Å²) in [5, 5.41) is 0.772. The van der Waals surface area contributed by atoms with Crippen molar-refractivity contribution >= 4 is 37.6 Å². The van der Waals surface area contributed by atoms with Crippen LogP contribution in [0.1, 0.15) is 11.1 Å². The van der Waals surface area contributed by atoms with E-state index in [4.69, 9.17) is 5.73 Å². The average Bonchev–Trinajstić information content (AvgIpc) is 2.49. The van der Waals surface area contributed by atoms with E-state index in [-0.39, 0.29) is 11.4 Å². The smallest absolute Gasteiger partial charge is 0.331 e. The van der Waals surface area contributed by atoms with Gasteiger partial charge in [-0.15, -0.1) is 0 Å². The first-order valence-electron chi connectivity index (χ1n) is 7.33. The zero-order valence-corrected chi connectivity index (χ0v) is 15.9. The number of benzene rings is 2. The summed E-state index contributed by atoms with van der Waals surface area (Å²) in [4.78, 5) is 10.3. The monoisotopic (exact) mass is 415 g/mol. The van der Waals surface area contributed by atoms with Gasteiger partial charge in [0.2, 0.25) is 0 Å². The molecule has 0 aliphatic carbocycles. The van der Waals surface area contributed by atoms with Crippen LogP contribution in [0.3, 0.4) is 0 Å². The fraction of sp³-hybridized carbons (Fsp3) is 0.133. The summed E-state index contributed by atoms with van der Waals surface area (Å²) in [7, 11) is -9.49. The number of urea groups is 1. The number of amides is 2. The van der Waals surface area contributed by atoms with Crippen molar-refractivity contribution in [1.29, 1.82) is 0 Å². The van der Waals surface area contributed by atoms with Crippen LogP contribution in [-0.2, 0) is 20.2 Å². The number of carbonyl (C=O) groups is 1. The van der Waals surface area contributed by atoms with Crippen molar-refractivity contribution in [1.82, 2.24) is 5.43 Å². The van der Waals surface area contributed by atoms with E-state index < -0.39 is 36.1 Å². The SMILES string of the molecule is Cc1ccc(S(=O)(=O)O)c(N(NC(N)=O)c2cc(C)ccc2S(=O)(=O)O)c1. The molecule has 0 fully saturated rings. The lowest BCUT2D eigenvalue weighted by Gasteiger charge is -2.28. The Bertz CT molecular complexity index is 1030. The van der Waals surface area contributed by atoms with Crippen LogP contribution in [0.15, 0.2) is 46.2 Å². The molecular weight excluding hydrogens is 398 g/mol. The Balaban J connectivity index is 2.91. The zero-order valence-electron chi connectivity index (χ0n) is 14.2. The fourth-order valence-electron chi connectivity index (χ4n) is 2.40. The van der Waals surface area contributed by atoms with E-state index in [1.807, 2.05) is 0 Å². The van der Waals surface area contributed by atoms with Gasteiger partial charge in [0, 0.05) is 0 Å². The van der Waals surface area contributed by atoms with Crippen LogP contribution in [0.2, 0.25) is 0 Å². The van der Waals surface area contributed by atoms with Crippen molar-refractivity contribution in [2.45, 2.75) is 23.6 Å². The molecule has 0 atom stereocenters. The van der Waals surface area contributed by atoms with Crippen molar-refractivity contribution in [2.24, 2.45) is 5.73 Å². The van der Waals surface area contributed by atoms with Crippen LogP contribution in [0, 0.1) is 13.8 Å².